The van der Waals surface area contributed by atoms with Gasteiger partial charge in [0.15, 0.2) is 0 Å². The Morgan fingerprint density at radius 3 is 2.06 bits per heavy atom. The Bertz CT molecular complexity index is 319. The van der Waals surface area contributed by atoms with E-state index in [9.17, 15) is 26.3 Å². The van der Waals surface area contributed by atoms with Gasteiger partial charge in [0.25, 0.3) is 0 Å². The van der Waals surface area contributed by atoms with Gasteiger partial charge in [-0.2, -0.15) is 26.3 Å². The molecule has 1 aromatic heterocycles. The van der Waals surface area contributed by atoms with E-state index in [2.05, 4.69) is 0 Å². The summed E-state index contributed by atoms with van der Waals surface area (Å²) in [7, 11) is 0. The lowest BCUT2D eigenvalue weighted by molar-refractivity contribution is -0.699. The van der Waals surface area contributed by atoms with Crippen LogP contribution in [0.1, 0.15) is 12.8 Å². The SMILES string of the molecule is FC(F)(F)CCn1cc[n+](CCC(F)(F)F)c1. The highest BCUT2D eigenvalue weighted by Gasteiger charge is 2.29. The van der Waals surface area contributed by atoms with E-state index in [1.165, 1.54) is 27.9 Å². The van der Waals surface area contributed by atoms with Gasteiger partial charge >= 0.3 is 12.4 Å². The Kier molecular flexibility index (Phi) is 4.05. The molecule has 0 spiro atoms. The summed E-state index contributed by atoms with van der Waals surface area (Å²) in [6.07, 6.45) is -6.65. The first-order valence-corrected chi connectivity index (χ1v) is 4.84. The first-order valence-electron chi connectivity index (χ1n) is 4.84. The van der Waals surface area contributed by atoms with E-state index in [4.69, 9.17) is 0 Å². The van der Waals surface area contributed by atoms with Gasteiger partial charge in [0.05, 0.1) is 25.9 Å². The molecule has 98 valence electrons. The lowest BCUT2D eigenvalue weighted by atomic mass is 10.4. The molecule has 2 nitrogen and oxygen atoms in total. The molecule has 0 fully saturated rings. The fourth-order valence-corrected chi connectivity index (χ4v) is 1.22. The molecule has 8 heteroatoms. The minimum absolute atomic E-state index is 0.289. The van der Waals surface area contributed by atoms with Gasteiger partial charge < -0.3 is 0 Å². The minimum Gasteiger partial charge on any atom is -0.236 e. The van der Waals surface area contributed by atoms with Crippen molar-refractivity contribution < 1.29 is 30.9 Å². The molecule has 0 aromatic carbocycles. The van der Waals surface area contributed by atoms with Gasteiger partial charge in [0.2, 0.25) is 6.33 Å². The van der Waals surface area contributed by atoms with Crippen LogP contribution in [0.5, 0.6) is 0 Å². The molecule has 1 heterocycles. The van der Waals surface area contributed by atoms with E-state index < -0.39 is 25.2 Å². The summed E-state index contributed by atoms with van der Waals surface area (Å²) in [5, 5.41) is 0. The average molecular weight is 261 g/mol. The number of rotatable bonds is 4. The van der Waals surface area contributed by atoms with Gasteiger partial charge in [-0.1, -0.05) is 0 Å². The van der Waals surface area contributed by atoms with E-state index in [0.717, 1.165) is 0 Å². The number of hydrogen-bond acceptors (Lipinski definition) is 0. The first-order chi connectivity index (χ1) is 7.66. The zero-order chi connectivity index (χ0) is 13.1. The first kappa shape index (κ1) is 13.9. The van der Waals surface area contributed by atoms with Crippen molar-refractivity contribution in [1.29, 1.82) is 0 Å². The number of halogens is 6. The second-order valence-electron chi connectivity index (χ2n) is 3.62. The van der Waals surface area contributed by atoms with Crippen LogP contribution in [-0.4, -0.2) is 16.9 Å². The summed E-state index contributed by atoms with van der Waals surface area (Å²) in [6, 6.07) is 0. The molecule has 17 heavy (non-hydrogen) atoms. The highest BCUT2D eigenvalue weighted by molar-refractivity contribution is 4.67. The quantitative estimate of drug-likeness (QED) is 0.582. The van der Waals surface area contributed by atoms with Crippen LogP contribution in [0.4, 0.5) is 26.3 Å². The molecule has 0 aliphatic carbocycles. The van der Waals surface area contributed by atoms with E-state index in [1.54, 1.807) is 0 Å². The van der Waals surface area contributed by atoms with E-state index >= 15 is 0 Å². The van der Waals surface area contributed by atoms with Crippen LogP contribution in [0.25, 0.3) is 0 Å². The van der Waals surface area contributed by atoms with Crippen LogP contribution < -0.4 is 4.57 Å². The van der Waals surface area contributed by atoms with Gasteiger partial charge in [0, 0.05) is 0 Å². The summed E-state index contributed by atoms with van der Waals surface area (Å²) >= 11 is 0. The summed E-state index contributed by atoms with van der Waals surface area (Å²) in [4.78, 5) is 0. The number of aryl methyl sites for hydroxylation is 2. The van der Waals surface area contributed by atoms with E-state index in [-0.39, 0.29) is 13.1 Å². The zero-order valence-corrected chi connectivity index (χ0v) is 8.72. The van der Waals surface area contributed by atoms with E-state index in [1.807, 2.05) is 0 Å². The van der Waals surface area contributed by atoms with Gasteiger partial charge in [-0.3, -0.25) is 0 Å². The van der Waals surface area contributed by atoms with Crippen molar-refractivity contribution in [1.82, 2.24) is 4.57 Å². The second kappa shape index (κ2) is 4.97. The third-order valence-corrected chi connectivity index (χ3v) is 2.05. The predicted molar refractivity (Wildman–Crippen MR) is 46.0 cm³/mol. The third-order valence-electron chi connectivity index (χ3n) is 2.05. The molecule has 0 N–H and O–H groups in total. The summed E-state index contributed by atoms with van der Waals surface area (Å²) in [5.41, 5.74) is 0. The smallest absolute Gasteiger partial charge is 0.236 e. The van der Waals surface area contributed by atoms with Crippen molar-refractivity contribution >= 4 is 0 Å². The fraction of sp³-hybridized carbons (Fsp3) is 0.667. The van der Waals surface area contributed by atoms with E-state index in [0.29, 0.717) is 0 Å². The third kappa shape index (κ3) is 6.18. The average Bonchev–Trinajstić information content (AvgIpc) is 2.57. The van der Waals surface area contributed by atoms with Gasteiger partial charge in [-0.25, -0.2) is 9.13 Å². The number of aromatic nitrogens is 2. The van der Waals surface area contributed by atoms with Crippen molar-refractivity contribution in [2.24, 2.45) is 0 Å². The van der Waals surface area contributed by atoms with Crippen LogP contribution in [0.2, 0.25) is 0 Å². The predicted octanol–water partition coefficient (Wildman–Crippen LogP) is 2.68. The molecule has 0 aliphatic rings. The van der Waals surface area contributed by atoms with Crippen LogP contribution in [-0.2, 0) is 13.1 Å². The molecule has 0 aliphatic heterocycles. The molecular weight excluding hydrogens is 250 g/mol. The van der Waals surface area contributed by atoms with Crippen molar-refractivity contribution in [3.8, 4) is 0 Å². The second-order valence-corrected chi connectivity index (χ2v) is 3.62. The number of imidazole rings is 1. The molecule has 0 bridgehead atoms. The number of alkyl halides is 6. The Morgan fingerprint density at radius 1 is 0.941 bits per heavy atom. The maximum atomic E-state index is 11.9. The van der Waals surface area contributed by atoms with Crippen molar-refractivity contribution in [3.05, 3.63) is 18.7 Å². The van der Waals surface area contributed by atoms with Crippen molar-refractivity contribution in [2.75, 3.05) is 0 Å². The topological polar surface area (TPSA) is 8.81 Å². The molecular formula is C9H11F6N2+. The normalized spacial score (nSPS) is 13.1. The Morgan fingerprint density at radius 2 is 1.53 bits per heavy atom. The Labute approximate surface area is 93.5 Å². The maximum Gasteiger partial charge on any atom is 0.392 e. The Balaban J connectivity index is 2.43. The lowest BCUT2D eigenvalue weighted by Crippen LogP contribution is -2.33. The van der Waals surface area contributed by atoms with Crippen molar-refractivity contribution in [2.45, 2.75) is 38.3 Å². The molecule has 0 radical (unpaired) electrons. The largest absolute Gasteiger partial charge is 0.392 e. The number of nitrogens with zero attached hydrogens (tertiary/aromatic N) is 2. The molecule has 1 aromatic rings. The molecule has 0 unspecified atom stereocenters. The van der Waals surface area contributed by atoms with Crippen molar-refractivity contribution in [3.63, 3.8) is 0 Å². The molecule has 0 amide bonds. The zero-order valence-electron chi connectivity index (χ0n) is 8.72. The van der Waals surface area contributed by atoms with Crippen LogP contribution in [0.15, 0.2) is 18.7 Å². The minimum atomic E-state index is -4.26. The molecule has 1 rings (SSSR count). The highest BCUT2D eigenvalue weighted by Crippen LogP contribution is 2.20. The number of hydrogen-bond donors (Lipinski definition) is 0. The van der Waals surface area contributed by atoms with Gasteiger partial charge in [0.1, 0.15) is 12.4 Å². The maximum absolute atomic E-state index is 11.9. The van der Waals surface area contributed by atoms with Gasteiger partial charge in [-0.15, -0.1) is 0 Å². The van der Waals surface area contributed by atoms with Crippen LogP contribution in [0.3, 0.4) is 0 Å². The highest BCUT2D eigenvalue weighted by atomic mass is 19.4. The monoisotopic (exact) mass is 261 g/mol. The summed E-state index contributed by atoms with van der Waals surface area (Å²) < 4.78 is 73.7. The van der Waals surface area contributed by atoms with Gasteiger partial charge in [-0.05, 0) is 0 Å². The summed E-state index contributed by atoms with van der Waals surface area (Å²) in [5.74, 6) is 0. The molecule has 0 saturated heterocycles. The lowest BCUT2D eigenvalue weighted by Gasteiger charge is -2.03. The molecule has 0 atom stereocenters. The fourth-order valence-electron chi connectivity index (χ4n) is 1.22. The molecule has 0 saturated carbocycles. The van der Waals surface area contributed by atoms with Crippen LogP contribution in [0, 0.1) is 0 Å². The van der Waals surface area contributed by atoms with Crippen LogP contribution >= 0.6 is 0 Å². The standard InChI is InChI=1S/C9H11F6N2/c10-8(11,12)1-3-16-5-6-17(7-16)4-2-9(13,14)15/h5-7H,1-4H2/q+1. The summed E-state index contributed by atoms with van der Waals surface area (Å²) in [6.45, 7) is -0.578. The Hall–Kier alpha value is -1.21.